The number of rotatable bonds is 3. The Morgan fingerprint density at radius 3 is 2.65 bits per heavy atom. The number of esters is 1. The molecule has 17 heavy (non-hydrogen) atoms. The van der Waals surface area contributed by atoms with Gasteiger partial charge in [-0.2, -0.15) is 0 Å². The van der Waals surface area contributed by atoms with Crippen molar-refractivity contribution in [2.45, 2.75) is 33.1 Å². The molecular weight excluding hydrogens is 218 g/mol. The monoisotopic (exact) mass is 235 g/mol. The second-order valence-electron chi connectivity index (χ2n) is 4.47. The smallest absolute Gasteiger partial charge is 0.343 e. The summed E-state index contributed by atoms with van der Waals surface area (Å²) in [4.78, 5) is 20.2. The molecule has 0 bridgehead atoms. The van der Waals surface area contributed by atoms with Crippen molar-refractivity contribution in [3.8, 4) is 0 Å². The van der Waals surface area contributed by atoms with Gasteiger partial charge in [-0.3, -0.25) is 0 Å². The van der Waals surface area contributed by atoms with Gasteiger partial charge in [0.2, 0.25) is 0 Å². The third-order valence-corrected chi connectivity index (χ3v) is 3.06. The largest absolute Gasteiger partial charge is 0.462 e. The maximum Gasteiger partial charge on any atom is 0.343 e. The quantitative estimate of drug-likeness (QED) is 0.806. The van der Waals surface area contributed by atoms with Gasteiger partial charge in [-0.05, 0) is 26.2 Å². The normalized spacial score (nSPS) is 22.3. The van der Waals surface area contributed by atoms with E-state index in [0.29, 0.717) is 29.7 Å². The van der Waals surface area contributed by atoms with Crippen LogP contribution < -0.4 is 5.73 Å². The highest BCUT2D eigenvalue weighted by atomic mass is 16.5. The molecule has 0 radical (unpaired) electrons. The first kappa shape index (κ1) is 11.8. The molecule has 1 saturated carbocycles. The highest BCUT2D eigenvalue weighted by molar-refractivity contribution is 5.95. The van der Waals surface area contributed by atoms with Crippen molar-refractivity contribution in [2.75, 3.05) is 12.3 Å². The van der Waals surface area contributed by atoms with E-state index >= 15 is 0 Å². The molecule has 1 aliphatic rings. The van der Waals surface area contributed by atoms with Crippen LogP contribution in [-0.2, 0) is 4.74 Å². The predicted molar refractivity (Wildman–Crippen MR) is 63.7 cm³/mol. The van der Waals surface area contributed by atoms with Gasteiger partial charge in [-0.25, -0.2) is 14.8 Å². The van der Waals surface area contributed by atoms with Crippen LogP contribution in [0.3, 0.4) is 0 Å². The molecule has 0 spiro atoms. The van der Waals surface area contributed by atoms with Crippen LogP contribution in [0.1, 0.15) is 48.1 Å². The molecule has 5 nitrogen and oxygen atoms in total. The Labute approximate surface area is 100 Å². The van der Waals surface area contributed by atoms with Crippen molar-refractivity contribution in [3.63, 3.8) is 0 Å². The lowest BCUT2D eigenvalue weighted by molar-refractivity contribution is 0.0525. The van der Waals surface area contributed by atoms with Gasteiger partial charge in [0.05, 0.1) is 12.3 Å². The summed E-state index contributed by atoms with van der Waals surface area (Å²) in [6.45, 7) is 5.99. The molecular formula is C12H17N3O2. The lowest BCUT2D eigenvalue weighted by Gasteiger charge is -2.09. The summed E-state index contributed by atoms with van der Waals surface area (Å²) in [5, 5.41) is 0. The third-order valence-electron chi connectivity index (χ3n) is 3.06. The van der Waals surface area contributed by atoms with Gasteiger partial charge in [-0.15, -0.1) is 0 Å². The summed E-state index contributed by atoms with van der Waals surface area (Å²) < 4.78 is 4.93. The lowest BCUT2D eigenvalue weighted by atomic mass is 10.2. The molecule has 0 amide bonds. The summed E-state index contributed by atoms with van der Waals surface area (Å²) >= 11 is 0. The van der Waals surface area contributed by atoms with Crippen LogP contribution in [0.5, 0.6) is 0 Å². The molecule has 1 aliphatic carbocycles. The lowest BCUT2D eigenvalue weighted by Crippen LogP contribution is -2.14. The molecule has 0 aliphatic heterocycles. The molecule has 0 aromatic carbocycles. The molecule has 92 valence electrons. The van der Waals surface area contributed by atoms with E-state index in [1.165, 1.54) is 0 Å². The van der Waals surface area contributed by atoms with Gasteiger partial charge in [-0.1, -0.05) is 6.92 Å². The number of aromatic nitrogens is 2. The maximum absolute atomic E-state index is 11.7. The average molecular weight is 235 g/mol. The third kappa shape index (κ3) is 2.23. The van der Waals surface area contributed by atoms with Gasteiger partial charge in [0.1, 0.15) is 17.2 Å². The first-order valence-corrected chi connectivity index (χ1v) is 5.85. The summed E-state index contributed by atoms with van der Waals surface area (Å²) in [5.74, 6) is 1.54. The number of hydrogen-bond acceptors (Lipinski definition) is 5. The fourth-order valence-electron chi connectivity index (χ4n) is 1.92. The van der Waals surface area contributed by atoms with E-state index in [-0.39, 0.29) is 5.82 Å². The van der Waals surface area contributed by atoms with E-state index in [1.807, 2.05) is 0 Å². The number of carbonyl (C=O) groups is 1. The number of nitrogens with two attached hydrogens (primary N) is 1. The van der Waals surface area contributed by atoms with Crippen molar-refractivity contribution in [1.82, 2.24) is 9.97 Å². The van der Waals surface area contributed by atoms with E-state index in [4.69, 9.17) is 10.5 Å². The van der Waals surface area contributed by atoms with Crippen LogP contribution in [0.4, 0.5) is 5.82 Å². The number of anilines is 1. The van der Waals surface area contributed by atoms with Crippen LogP contribution >= 0.6 is 0 Å². The van der Waals surface area contributed by atoms with Crippen molar-refractivity contribution in [2.24, 2.45) is 5.92 Å². The highest BCUT2D eigenvalue weighted by Crippen LogP contribution is 2.45. The molecule has 1 aromatic heterocycles. The van der Waals surface area contributed by atoms with Gasteiger partial charge in [0.15, 0.2) is 0 Å². The highest BCUT2D eigenvalue weighted by Gasteiger charge is 2.37. The molecule has 1 heterocycles. The molecule has 0 saturated heterocycles. The number of carbonyl (C=O) groups excluding carboxylic acids is 1. The number of nitrogens with zero attached hydrogens (tertiary/aromatic N) is 2. The number of aryl methyl sites for hydroxylation is 1. The Hall–Kier alpha value is -1.65. The zero-order chi connectivity index (χ0) is 12.6. The van der Waals surface area contributed by atoms with Crippen LogP contribution in [0.2, 0.25) is 0 Å². The molecule has 2 N–H and O–H groups in total. The SMILES string of the molecule is CCOC(=O)c1c(C)nc(C2CC2C)nc1N. The first-order valence-electron chi connectivity index (χ1n) is 5.85. The maximum atomic E-state index is 11.7. The van der Waals surface area contributed by atoms with E-state index in [0.717, 1.165) is 12.2 Å². The molecule has 5 heteroatoms. The number of hydrogen-bond donors (Lipinski definition) is 1. The number of ether oxygens (including phenoxy) is 1. The van der Waals surface area contributed by atoms with Gasteiger partial charge in [0.25, 0.3) is 0 Å². The minimum absolute atomic E-state index is 0.227. The Kier molecular flexibility index (Phi) is 3.00. The van der Waals surface area contributed by atoms with Crippen molar-refractivity contribution in [1.29, 1.82) is 0 Å². The fourth-order valence-corrected chi connectivity index (χ4v) is 1.92. The van der Waals surface area contributed by atoms with Crippen LogP contribution in [0, 0.1) is 12.8 Å². The molecule has 2 unspecified atom stereocenters. The van der Waals surface area contributed by atoms with Crippen molar-refractivity contribution >= 4 is 11.8 Å². The summed E-state index contributed by atoms with van der Waals surface area (Å²) in [6, 6.07) is 0. The molecule has 1 fully saturated rings. The standard InChI is InChI=1S/C12H17N3O2/c1-4-17-12(16)9-7(3)14-11(15-10(9)13)8-5-6(8)2/h6,8H,4-5H2,1-3H3,(H2,13,14,15). The summed E-state index contributed by atoms with van der Waals surface area (Å²) in [7, 11) is 0. The van der Waals surface area contributed by atoms with Crippen LogP contribution in [0.25, 0.3) is 0 Å². The van der Waals surface area contributed by atoms with Gasteiger partial charge in [0, 0.05) is 5.92 Å². The Morgan fingerprint density at radius 2 is 2.18 bits per heavy atom. The van der Waals surface area contributed by atoms with Crippen LogP contribution in [-0.4, -0.2) is 22.5 Å². The van der Waals surface area contributed by atoms with Crippen LogP contribution in [0.15, 0.2) is 0 Å². The second kappa shape index (κ2) is 4.31. The predicted octanol–water partition coefficient (Wildman–Crippen LogP) is 1.67. The van der Waals surface area contributed by atoms with Crippen molar-refractivity contribution < 1.29 is 9.53 Å². The van der Waals surface area contributed by atoms with Gasteiger partial charge >= 0.3 is 5.97 Å². The Balaban J connectivity index is 2.32. The zero-order valence-electron chi connectivity index (χ0n) is 10.4. The average Bonchev–Trinajstić information content (AvgIpc) is 2.94. The zero-order valence-corrected chi connectivity index (χ0v) is 10.4. The Bertz CT molecular complexity index is 436. The minimum atomic E-state index is -0.446. The topological polar surface area (TPSA) is 78.1 Å². The van der Waals surface area contributed by atoms with E-state index < -0.39 is 5.97 Å². The second-order valence-corrected chi connectivity index (χ2v) is 4.47. The molecule has 1 aromatic rings. The molecule has 2 atom stereocenters. The Morgan fingerprint density at radius 1 is 1.53 bits per heavy atom. The first-order chi connectivity index (χ1) is 8.04. The minimum Gasteiger partial charge on any atom is -0.462 e. The molecule has 2 rings (SSSR count). The number of nitrogen functional groups attached to an aromatic ring is 1. The van der Waals surface area contributed by atoms with Crippen molar-refractivity contribution in [3.05, 3.63) is 17.1 Å². The summed E-state index contributed by atoms with van der Waals surface area (Å²) in [6.07, 6.45) is 1.09. The van der Waals surface area contributed by atoms with Gasteiger partial charge < -0.3 is 10.5 Å². The van der Waals surface area contributed by atoms with E-state index in [2.05, 4.69) is 16.9 Å². The van der Waals surface area contributed by atoms with E-state index in [1.54, 1.807) is 13.8 Å². The summed E-state index contributed by atoms with van der Waals surface area (Å²) in [5.41, 5.74) is 6.71. The fraction of sp³-hybridized carbons (Fsp3) is 0.583. The van der Waals surface area contributed by atoms with E-state index in [9.17, 15) is 4.79 Å².